The fraction of sp³-hybridized carbons (Fsp3) is 0.652. The van der Waals surface area contributed by atoms with Crippen molar-refractivity contribution in [1.82, 2.24) is 14.7 Å². The number of likely N-dealkylation sites (tertiary alicyclic amines) is 1. The largest absolute Gasteiger partial charge is 0.372 e. The molecule has 0 unspecified atom stereocenters. The summed E-state index contributed by atoms with van der Waals surface area (Å²) in [5, 5.41) is 8.99. The maximum absolute atomic E-state index is 13.0. The number of amides is 1. The van der Waals surface area contributed by atoms with Crippen LogP contribution in [0.3, 0.4) is 0 Å². The molecule has 1 aliphatic carbocycles. The summed E-state index contributed by atoms with van der Waals surface area (Å²) in [6.45, 7) is 11.7. The number of nitrogens with zero attached hydrogens (tertiary/aromatic N) is 4. The smallest absolute Gasteiger partial charge is 0.225 e. The molecule has 0 spiro atoms. The van der Waals surface area contributed by atoms with E-state index < -0.39 is 0 Å². The molecule has 3 fully saturated rings. The van der Waals surface area contributed by atoms with Crippen LogP contribution in [-0.2, 0) is 4.79 Å². The predicted octanol–water partition coefficient (Wildman–Crippen LogP) is 3.32. The van der Waals surface area contributed by atoms with E-state index >= 15 is 0 Å². The summed E-state index contributed by atoms with van der Waals surface area (Å²) >= 11 is 0. The SMILES string of the molecule is C=C(/C=C\C(C#N)=C/C)N1CCC(C(=O)N2CCCN(C3CCC3)CC2)CC1. The fourth-order valence-electron chi connectivity index (χ4n) is 4.44. The Bertz CT molecular complexity index is 663. The van der Waals surface area contributed by atoms with Crippen LogP contribution in [0.1, 0.15) is 45.4 Å². The van der Waals surface area contributed by atoms with Gasteiger partial charge >= 0.3 is 0 Å². The molecule has 1 amide bonds. The van der Waals surface area contributed by atoms with Gasteiger partial charge in [-0.2, -0.15) is 5.26 Å². The highest BCUT2D eigenvalue weighted by atomic mass is 16.2. The Hall–Kier alpha value is -2.06. The van der Waals surface area contributed by atoms with Gasteiger partial charge in [0.15, 0.2) is 0 Å². The Kier molecular flexibility index (Phi) is 7.33. The lowest BCUT2D eigenvalue weighted by Gasteiger charge is -2.37. The standard InChI is InChI=1S/C23H34N4O/c1-3-20(18-24)9-8-19(2)25-14-10-21(11-15-25)23(28)27-13-5-12-26(16-17-27)22-6-4-7-22/h3,8-9,21-22H,2,4-7,10-17H2,1H3/b9-8-,20-3+. The first kappa shape index (κ1) is 20.7. The summed E-state index contributed by atoms with van der Waals surface area (Å²) in [7, 11) is 0. The zero-order valence-corrected chi connectivity index (χ0v) is 17.3. The van der Waals surface area contributed by atoms with Gasteiger partial charge < -0.3 is 9.80 Å². The zero-order valence-electron chi connectivity index (χ0n) is 17.3. The molecule has 1 saturated carbocycles. The average Bonchev–Trinajstić information content (AvgIpc) is 2.93. The summed E-state index contributed by atoms with van der Waals surface area (Å²) in [5.74, 6) is 0.505. The second-order valence-electron chi connectivity index (χ2n) is 8.24. The molecule has 28 heavy (non-hydrogen) atoms. The van der Waals surface area contributed by atoms with Crippen LogP contribution in [0, 0.1) is 17.2 Å². The molecular formula is C23H34N4O. The molecule has 2 aliphatic heterocycles. The van der Waals surface area contributed by atoms with Gasteiger partial charge in [-0.1, -0.05) is 19.1 Å². The molecule has 0 aromatic carbocycles. The van der Waals surface area contributed by atoms with Crippen molar-refractivity contribution >= 4 is 5.91 Å². The summed E-state index contributed by atoms with van der Waals surface area (Å²) in [6, 6.07) is 2.93. The monoisotopic (exact) mass is 382 g/mol. The van der Waals surface area contributed by atoms with Crippen molar-refractivity contribution in [3.8, 4) is 6.07 Å². The quantitative estimate of drug-likeness (QED) is 0.541. The lowest BCUT2D eigenvalue weighted by molar-refractivity contribution is -0.136. The molecule has 5 nitrogen and oxygen atoms in total. The maximum atomic E-state index is 13.0. The number of carbonyl (C=O) groups excluding carboxylic acids is 1. The molecule has 2 saturated heterocycles. The Morgan fingerprint density at radius 3 is 2.32 bits per heavy atom. The summed E-state index contributed by atoms with van der Waals surface area (Å²) in [6.07, 6.45) is 12.5. The molecule has 0 bridgehead atoms. The van der Waals surface area contributed by atoms with Gasteiger partial charge in [0, 0.05) is 62.5 Å². The number of nitriles is 1. The Labute approximate surface area is 170 Å². The molecule has 0 aromatic rings. The second kappa shape index (κ2) is 9.93. The first-order valence-corrected chi connectivity index (χ1v) is 10.8. The predicted molar refractivity (Wildman–Crippen MR) is 112 cm³/mol. The van der Waals surface area contributed by atoms with Gasteiger partial charge in [-0.15, -0.1) is 0 Å². The number of hydrogen-bond donors (Lipinski definition) is 0. The Balaban J connectivity index is 1.45. The van der Waals surface area contributed by atoms with Crippen molar-refractivity contribution in [2.24, 2.45) is 5.92 Å². The van der Waals surface area contributed by atoms with Crippen molar-refractivity contribution in [3.05, 3.63) is 36.1 Å². The average molecular weight is 383 g/mol. The van der Waals surface area contributed by atoms with Crippen molar-refractivity contribution in [2.45, 2.75) is 51.5 Å². The molecule has 3 aliphatic rings. The fourth-order valence-corrected chi connectivity index (χ4v) is 4.44. The van der Waals surface area contributed by atoms with Gasteiger partial charge in [-0.3, -0.25) is 9.69 Å². The molecule has 3 rings (SSSR count). The van der Waals surface area contributed by atoms with Crippen LogP contribution in [0.2, 0.25) is 0 Å². The molecule has 0 N–H and O–H groups in total. The third-order valence-corrected chi connectivity index (χ3v) is 6.58. The topological polar surface area (TPSA) is 50.6 Å². The lowest BCUT2D eigenvalue weighted by Crippen LogP contribution is -2.45. The van der Waals surface area contributed by atoms with E-state index in [1.807, 2.05) is 19.1 Å². The number of rotatable bonds is 5. The van der Waals surface area contributed by atoms with Crippen LogP contribution in [0.5, 0.6) is 0 Å². The molecular weight excluding hydrogens is 348 g/mol. The van der Waals surface area contributed by atoms with E-state index in [4.69, 9.17) is 5.26 Å². The second-order valence-corrected chi connectivity index (χ2v) is 8.24. The summed E-state index contributed by atoms with van der Waals surface area (Å²) < 4.78 is 0. The molecule has 2 heterocycles. The van der Waals surface area contributed by atoms with Crippen LogP contribution < -0.4 is 0 Å². The zero-order chi connectivity index (χ0) is 19.9. The van der Waals surface area contributed by atoms with Crippen LogP contribution >= 0.6 is 0 Å². The van der Waals surface area contributed by atoms with Crippen LogP contribution in [-0.4, -0.2) is 65.9 Å². The highest BCUT2D eigenvalue weighted by molar-refractivity contribution is 5.79. The highest BCUT2D eigenvalue weighted by Gasteiger charge is 2.31. The molecule has 5 heteroatoms. The third kappa shape index (κ3) is 5.05. The van der Waals surface area contributed by atoms with Crippen molar-refractivity contribution in [2.75, 3.05) is 39.3 Å². The normalized spacial score (nSPS) is 23.4. The van der Waals surface area contributed by atoms with E-state index in [0.717, 1.165) is 70.3 Å². The Morgan fingerprint density at radius 2 is 1.71 bits per heavy atom. The highest BCUT2D eigenvalue weighted by Crippen LogP contribution is 2.27. The van der Waals surface area contributed by atoms with Gasteiger partial charge in [-0.25, -0.2) is 0 Å². The van der Waals surface area contributed by atoms with Crippen molar-refractivity contribution in [3.63, 3.8) is 0 Å². The van der Waals surface area contributed by atoms with Gasteiger partial charge in [0.05, 0.1) is 6.07 Å². The Morgan fingerprint density at radius 1 is 0.964 bits per heavy atom. The van der Waals surface area contributed by atoms with Crippen molar-refractivity contribution < 1.29 is 4.79 Å². The maximum Gasteiger partial charge on any atom is 0.225 e. The van der Waals surface area contributed by atoms with Crippen LogP contribution in [0.25, 0.3) is 0 Å². The third-order valence-electron chi connectivity index (χ3n) is 6.58. The molecule has 0 radical (unpaired) electrons. The number of piperidine rings is 1. The lowest BCUT2D eigenvalue weighted by atomic mass is 9.91. The minimum absolute atomic E-state index is 0.147. The van der Waals surface area contributed by atoms with E-state index in [9.17, 15) is 4.79 Å². The van der Waals surface area contributed by atoms with E-state index in [1.165, 1.54) is 19.3 Å². The van der Waals surface area contributed by atoms with E-state index in [1.54, 1.807) is 6.08 Å². The summed E-state index contributed by atoms with van der Waals surface area (Å²) in [4.78, 5) is 20.0. The molecule has 152 valence electrons. The minimum atomic E-state index is 0.147. The van der Waals surface area contributed by atoms with E-state index in [0.29, 0.717) is 11.5 Å². The van der Waals surface area contributed by atoms with Crippen molar-refractivity contribution in [1.29, 1.82) is 5.26 Å². The summed E-state index contributed by atoms with van der Waals surface area (Å²) in [5.41, 5.74) is 1.56. The first-order valence-electron chi connectivity index (χ1n) is 10.8. The molecule has 0 aromatic heterocycles. The number of allylic oxidation sites excluding steroid dienone is 4. The minimum Gasteiger partial charge on any atom is -0.372 e. The van der Waals surface area contributed by atoms with Gasteiger partial charge in [0.2, 0.25) is 5.91 Å². The molecule has 0 atom stereocenters. The number of carbonyl (C=O) groups is 1. The first-order chi connectivity index (χ1) is 13.6. The van der Waals surface area contributed by atoms with Gasteiger partial charge in [0.25, 0.3) is 0 Å². The van der Waals surface area contributed by atoms with Crippen LogP contribution in [0.4, 0.5) is 0 Å². The van der Waals surface area contributed by atoms with Gasteiger partial charge in [-0.05, 0) is 51.2 Å². The van der Waals surface area contributed by atoms with Gasteiger partial charge in [0.1, 0.15) is 0 Å². The van der Waals surface area contributed by atoms with E-state index in [2.05, 4.69) is 27.3 Å². The van der Waals surface area contributed by atoms with E-state index in [-0.39, 0.29) is 5.92 Å². The number of hydrogen-bond acceptors (Lipinski definition) is 4. The van der Waals surface area contributed by atoms with Crippen LogP contribution in [0.15, 0.2) is 36.1 Å².